The summed E-state index contributed by atoms with van der Waals surface area (Å²) >= 11 is 0. The highest BCUT2D eigenvalue weighted by Crippen LogP contribution is 2.43. The zero-order valence-electron chi connectivity index (χ0n) is 48.4. The van der Waals surface area contributed by atoms with Gasteiger partial charge in [-0.05, 0) is 170 Å². The molecule has 9 aromatic carbocycles. The van der Waals surface area contributed by atoms with Gasteiger partial charge in [-0.2, -0.15) is 0 Å². The van der Waals surface area contributed by atoms with Crippen LogP contribution in [0.25, 0.3) is 65.4 Å². The number of hydrogen-bond donors (Lipinski definition) is 0. The second kappa shape index (κ2) is 16.3. The smallest absolute Gasteiger partial charge is 0.139 e. The second-order valence-electron chi connectivity index (χ2n) is 18.5. The van der Waals surface area contributed by atoms with Gasteiger partial charge in [-0.25, -0.2) is 0 Å². The van der Waals surface area contributed by atoms with Crippen molar-refractivity contribution in [3.8, 4) is 0 Å². The van der Waals surface area contributed by atoms with Gasteiger partial charge in [0.15, 0.2) is 0 Å². The minimum atomic E-state index is -0.350. The number of furan rings is 2. The number of nitrogens with zero attached hydrogens (tertiary/aromatic N) is 2. The van der Waals surface area contributed by atoms with Crippen molar-refractivity contribution in [2.24, 2.45) is 0 Å². The summed E-state index contributed by atoms with van der Waals surface area (Å²) in [5.41, 5.74) is 7.45. The summed E-state index contributed by atoms with van der Waals surface area (Å²) in [5, 5.41) is -0.0387. The number of hydrogen-bond acceptors (Lipinski definition) is 4. The van der Waals surface area contributed by atoms with E-state index in [-0.39, 0.29) is 150 Å². The molecule has 66 heavy (non-hydrogen) atoms. The van der Waals surface area contributed by atoms with Crippen LogP contribution >= 0.6 is 0 Å². The molecule has 0 unspecified atom stereocenters. The summed E-state index contributed by atoms with van der Waals surface area (Å²) in [6.07, 6.45) is 0. The molecule has 0 spiro atoms. The molecule has 11 rings (SSSR count). The molecule has 11 aromatic rings. The Hall–Kier alpha value is -7.30. The Morgan fingerprint density at radius 3 is 0.894 bits per heavy atom. The normalized spacial score (nSPS) is 14.3. The summed E-state index contributed by atoms with van der Waals surface area (Å²) in [6.45, 7) is 16.9. The Balaban J connectivity index is 1.13. The molecule has 0 bridgehead atoms. The Morgan fingerprint density at radius 2 is 0.591 bits per heavy atom. The van der Waals surface area contributed by atoms with Crippen molar-refractivity contribution in [3.05, 3.63) is 192 Å². The lowest BCUT2D eigenvalue weighted by Crippen LogP contribution is -2.10. The van der Waals surface area contributed by atoms with E-state index in [1.165, 1.54) is 12.1 Å². The van der Waals surface area contributed by atoms with E-state index in [4.69, 9.17) is 8.83 Å². The van der Waals surface area contributed by atoms with Crippen LogP contribution in [0.3, 0.4) is 0 Å². The first-order valence-electron chi connectivity index (χ1n) is 27.9. The standard InChI is InChI=1S/C62H56N2O2/c1-37(2)41-9-19-49(20-10-41)63(50-21-11-42(12-22-50)38(3)4)53-27-17-45-31-55-57-35-58-56-32-46-18-28-54(30-48(46)34-60(56)66-62(58)36-61(57)65-59(55)33-47(45)29-53)64(51-23-13-43(14-24-51)39(5)6)52-25-15-44(16-26-52)40(7)8/h9-40H,1-8H3/i17D,18D,29D,30D,31D,32D,33D,34D,35D,36D. The van der Waals surface area contributed by atoms with Gasteiger partial charge in [-0.15, -0.1) is 0 Å². The van der Waals surface area contributed by atoms with Crippen molar-refractivity contribution in [2.75, 3.05) is 9.80 Å². The molecule has 4 heteroatoms. The van der Waals surface area contributed by atoms with Crippen molar-refractivity contribution >= 4 is 99.5 Å². The van der Waals surface area contributed by atoms with Gasteiger partial charge in [0.1, 0.15) is 22.3 Å². The molecular weight excluding hydrogens is 805 g/mol. The maximum absolute atomic E-state index is 9.82. The van der Waals surface area contributed by atoms with E-state index < -0.39 is 0 Å². The first-order valence-corrected chi connectivity index (χ1v) is 22.9. The Bertz CT molecular complexity index is 3790. The van der Waals surface area contributed by atoms with Gasteiger partial charge >= 0.3 is 0 Å². The third-order valence-corrected chi connectivity index (χ3v) is 12.7. The highest BCUT2D eigenvalue weighted by Gasteiger charge is 2.19. The van der Waals surface area contributed by atoms with Crippen LogP contribution < -0.4 is 9.80 Å². The monoisotopic (exact) mass is 870 g/mol. The van der Waals surface area contributed by atoms with Crippen molar-refractivity contribution in [1.29, 1.82) is 0 Å². The van der Waals surface area contributed by atoms with E-state index in [9.17, 15) is 13.7 Å². The van der Waals surface area contributed by atoms with E-state index in [2.05, 4.69) is 55.4 Å². The molecule has 2 heterocycles. The van der Waals surface area contributed by atoms with Crippen LogP contribution in [0, 0.1) is 0 Å². The van der Waals surface area contributed by atoms with Gasteiger partial charge in [0, 0.05) is 61.7 Å². The van der Waals surface area contributed by atoms with Gasteiger partial charge in [0.2, 0.25) is 0 Å². The predicted octanol–water partition coefficient (Wildman–Crippen LogP) is 19.2. The SMILES string of the molecule is [2H]c1c2oc3c([2H])c4c([2H])c(N(c5ccc(C(C)C)cc5)c5ccc(C(C)C)cc5)cc([2H])c4c([2H])c3c2c([2H])c2c1oc1c([2H])c3c([2H])c(N(c4ccc(C(C)C)cc4)c4ccc(C(C)C)cc4)cc([2H])c3c([2H])c12. The fourth-order valence-electron chi connectivity index (χ4n) is 8.79. The summed E-state index contributed by atoms with van der Waals surface area (Å²) < 4.78 is 110. The topological polar surface area (TPSA) is 32.8 Å². The Kier molecular flexibility index (Phi) is 7.79. The molecule has 0 saturated carbocycles. The molecular formula is C62H56N2O2. The van der Waals surface area contributed by atoms with E-state index in [1.807, 2.05) is 107 Å². The summed E-state index contributed by atoms with van der Waals surface area (Å²) in [6, 6.07) is 32.9. The number of benzene rings is 9. The third kappa shape index (κ3) is 7.35. The molecule has 326 valence electrons. The van der Waals surface area contributed by atoms with Gasteiger partial charge in [0.05, 0.1) is 13.7 Å². The van der Waals surface area contributed by atoms with Crippen molar-refractivity contribution in [1.82, 2.24) is 0 Å². The number of fused-ring (bicyclic) bond motifs is 8. The number of rotatable bonds is 10. The third-order valence-electron chi connectivity index (χ3n) is 12.7. The van der Waals surface area contributed by atoms with Crippen molar-refractivity contribution in [2.45, 2.75) is 79.1 Å². The van der Waals surface area contributed by atoms with Crippen LogP contribution in [0.4, 0.5) is 34.1 Å². The van der Waals surface area contributed by atoms with Crippen molar-refractivity contribution in [3.63, 3.8) is 0 Å². The predicted molar refractivity (Wildman–Crippen MR) is 282 cm³/mol. The van der Waals surface area contributed by atoms with Crippen LogP contribution in [0.2, 0.25) is 0 Å². The molecule has 0 atom stereocenters. The van der Waals surface area contributed by atoms with Crippen molar-refractivity contribution < 1.29 is 22.5 Å². The summed E-state index contributed by atoms with van der Waals surface area (Å²) in [4.78, 5) is 3.76. The second-order valence-corrected chi connectivity index (χ2v) is 18.5. The molecule has 0 aliphatic heterocycles. The highest BCUT2D eigenvalue weighted by atomic mass is 16.3. The summed E-state index contributed by atoms with van der Waals surface area (Å²) in [7, 11) is 0. The molecule has 2 aromatic heterocycles. The van der Waals surface area contributed by atoms with Gasteiger partial charge < -0.3 is 18.6 Å². The van der Waals surface area contributed by atoms with Crippen LogP contribution in [0.5, 0.6) is 0 Å². The lowest BCUT2D eigenvalue weighted by Gasteiger charge is -2.26. The molecule has 0 aliphatic rings. The number of anilines is 6. The first-order chi connectivity index (χ1) is 36.2. The fraction of sp³-hybridized carbons (Fsp3) is 0.194. The maximum Gasteiger partial charge on any atom is 0.139 e. The van der Waals surface area contributed by atoms with Crippen LogP contribution in [-0.2, 0) is 0 Å². The molecule has 0 fully saturated rings. The molecule has 0 amide bonds. The zero-order valence-corrected chi connectivity index (χ0v) is 38.4. The fourth-order valence-corrected chi connectivity index (χ4v) is 8.79. The average molecular weight is 871 g/mol. The minimum Gasteiger partial charge on any atom is -0.456 e. The van der Waals surface area contributed by atoms with Gasteiger partial charge in [-0.3, -0.25) is 0 Å². The molecule has 0 aliphatic carbocycles. The van der Waals surface area contributed by atoms with Crippen LogP contribution in [0.15, 0.2) is 178 Å². The van der Waals surface area contributed by atoms with E-state index >= 15 is 0 Å². The largest absolute Gasteiger partial charge is 0.456 e. The minimum absolute atomic E-state index is 0.000119. The van der Waals surface area contributed by atoms with Gasteiger partial charge in [0.25, 0.3) is 0 Å². The average Bonchev–Trinajstić information content (AvgIpc) is 4.12. The highest BCUT2D eigenvalue weighted by molar-refractivity contribution is 6.18. The zero-order chi connectivity index (χ0) is 54.1. The van der Waals surface area contributed by atoms with E-state index in [0.29, 0.717) is 11.4 Å². The quantitative estimate of drug-likeness (QED) is 0.137. The van der Waals surface area contributed by atoms with Gasteiger partial charge in [-0.1, -0.05) is 116 Å². The Labute approximate surface area is 401 Å². The lowest BCUT2D eigenvalue weighted by molar-refractivity contribution is 0.656. The summed E-state index contributed by atoms with van der Waals surface area (Å²) in [5.74, 6) is 1.13. The maximum atomic E-state index is 9.82. The molecule has 0 radical (unpaired) electrons. The molecule has 0 N–H and O–H groups in total. The lowest BCUT2D eigenvalue weighted by atomic mass is 10.0. The van der Waals surface area contributed by atoms with E-state index in [1.54, 1.807) is 0 Å². The van der Waals surface area contributed by atoms with E-state index in [0.717, 1.165) is 45.0 Å². The first kappa shape index (κ1) is 31.6. The van der Waals surface area contributed by atoms with Crippen LogP contribution in [-0.4, -0.2) is 0 Å². The van der Waals surface area contributed by atoms with Crippen LogP contribution in [0.1, 0.15) is 115 Å². The Morgan fingerprint density at radius 1 is 0.303 bits per heavy atom. The molecule has 0 saturated heterocycles. The molecule has 4 nitrogen and oxygen atoms in total.